The lowest BCUT2D eigenvalue weighted by molar-refractivity contribution is -0.127. The molecule has 0 aromatic heterocycles. The fraction of sp³-hybridized carbons (Fsp3) is 0.667. The quantitative estimate of drug-likeness (QED) is 0.507. The van der Waals surface area contributed by atoms with Crippen LogP contribution in [0.4, 0.5) is 0 Å². The van der Waals surface area contributed by atoms with Crippen molar-refractivity contribution in [2.24, 2.45) is 11.3 Å². The van der Waals surface area contributed by atoms with E-state index in [4.69, 9.17) is 0 Å². The first-order chi connectivity index (χ1) is 4.43. The molecule has 1 rings (SSSR count). The number of rotatable bonds is 1. The van der Waals surface area contributed by atoms with Gasteiger partial charge in [-0.1, -0.05) is 32.4 Å². The van der Waals surface area contributed by atoms with Gasteiger partial charge in [0.05, 0.1) is 5.92 Å². The maximum absolute atomic E-state index is 11.4. The van der Waals surface area contributed by atoms with Gasteiger partial charge in [0.25, 0.3) is 0 Å². The summed E-state index contributed by atoms with van der Waals surface area (Å²) in [7, 11) is 0. The third-order valence-electron chi connectivity index (χ3n) is 1.83. The second-order valence-corrected chi connectivity index (χ2v) is 4.00. The van der Waals surface area contributed by atoms with Crippen LogP contribution in [0.1, 0.15) is 27.7 Å². The smallest absolute Gasteiger partial charge is 0.149 e. The van der Waals surface area contributed by atoms with Gasteiger partial charge >= 0.3 is 0 Å². The zero-order valence-electron chi connectivity index (χ0n) is 7.06. The maximum Gasteiger partial charge on any atom is 0.149 e. The summed E-state index contributed by atoms with van der Waals surface area (Å²) in [5, 5.41) is 0. The van der Waals surface area contributed by atoms with Gasteiger partial charge in [-0.05, 0) is 6.92 Å². The van der Waals surface area contributed by atoms with Gasteiger partial charge in [0, 0.05) is 5.41 Å². The first-order valence-corrected chi connectivity index (χ1v) is 3.65. The molecule has 0 bridgehead atoms. The van der Waals surface area contributed by atoms with Crippen LogP contribution in [0.2, 0.25) is 0 Å². The van der Waals surface area contributed by atoms with Crippen LogP contribution in [0.5, 0.6) is 0 Å². The Bertz CT molecular complexity index is 193. The summed E-state index contributed by atoms with van der Waals surface area (Å²) in [6.45, 7) is 7.91. The summed E-state index contributed by atoms with van der Waals surface area (Å²) >= 11 is 0. The molecular weight excluding hydrogens is 124 g/mol. The van der Waals surface area contributed by atoms with Crippen LogP contribution in [0, 0.1) is 11.3 Å². The molecule has 1 unspecified atom stereocenters. The molecule has 56 valence electrons. The van der Waals surface area contributed by atoms with Crippen LogP contribution in [0.15, 0.2) is 11.6 Å². The van der Waals surface area contributed by atoms with E-state index in [2.05, 4.69) is 0 Å². The van der Waals surface area contributed by atoms with E-state index in [1.54, 1.807) is 0 Å². The summed E-state index contributed by atoms with van der Waals surface area (Å²) in [5.74, 6) is 0.532. The zero-order valence-corrected chi connectivity index (χ0v) is 7.06. The Labute approximate surface area is 62.1 Å². The van der Waals surface area contributed by atoms with Crippen molar-refractivity contribution in [1.82, 2.24) is 0 Å². The fourth-order valence-corrected chi connectivity index (χ4v) is 0.964. The Morgan fingerprint density at radius 3 is 2.00 bits per heavy atom. The first-order valence-electron chi connectivity index (χ1n) is 3.65. The summed E-state index contributed by atoms with van der Waals surface area (Å²) in [6.07, 6.45) is 2.02. The number of hydrogen-bond donors (Lipinski definition) is 0. The highest BCUT2D eigenvalue weighted by molar-refractivity contribution is 5.93. The second kappa shape index (κ2) is 1.94. The minimum absolute atomic E-state index is 0.168. The van der Waals surface area contributed by atoms with E-state index in [9.17, 15) is 4.79 Å². The van der Waals surface area contributed by atoms with E-state index < -0.39 is 0 Å². The van der Waals surface area contributed by atoms with E-state index in [-0.39, 0.29) is 11.3 Å². The molecule has 1 heteroatoms. The molecular formula is C9H14O. The number of carbonyl (C=O) groups excluding carboxylic acids is 1. The van der Waals surface area contributed by atoms with E-state index in [0.29, 0.717) is 5.78 Å². The summed E-state index contributed by atoms with van der Waals surface area (Å²) in [6, 6.07) is 0. The molecule has 0 aliphatic heterocycles. The number of allylic oxidation sites excluding steroid dienone is 2. The van der Waals surface area contributed by atoms with Crippen molar-refractivity contribution < 1.29 is 4.79 Å². The van der Waals surface area contributed by atoms with E-state index >= 15 is 0 Å². The van der Waals surface area contributed by atoms with Crippen LogP contribution in [0.25, 0.3) is 0 Å². The van der Waals surface area contributed by atoms with Gasteiger partial charge in [-0.2, -0.15) is 0 Å². The Balaban J connectivity index is 2.53. The lowest BCUT2D eigenvalue weighted by atomic mass is 9.87. The summed E-state index contributed by atoms with van der Waals surface area (Å²) in [5.41, 5.74) is 1.07. The molecule has 0 aromatic rings. The zero-order chi connectivity index (χ0) is 7.94. The molecule has 1 atom stereocenters. The minimum Gasteiger partial charge on any atom is -0.298 e. The summed E-state index contributed by atoms with van der Waals surface area (Å²) < 4.78 is 0. The van der Waals surface area contributed by atoms with Crippen LogP contribution in [-0.2, 0) is 4.79 Å². The van der Waals surface area contributed by atoms with Gasteiger partial charge in [-0.25, -0.2) is 0 Å². The van der Waals surface area contributed by atoms with Gasteiger partial charge in [0.2, 0.25) is 0 Å². The average Bonchev–Trinajstić information content (AvgIpc) is 2.42. The third kappa shape index (κ3) is 1.28. The molecule has 0 N–H and O–H groups in total. The molecule has 1 aliphatic carbocycles. The predicted octanol–water partition coefficient (Wildman–Crippen LogP) is 2.18. The SMILES string of the molecule is CC1=CC1C(=O)C(C)(C)C. The Kier molecular flexibility index (Phi) is 1.46. The van der Waals surface area contributed by atoms with Gasteiger partial charge in [0.1, 0.15) is 5.78 Å². The monoisotopic (exact) mass is 138 g/mol. The van der Waals surface area contributed by atoms with Crippen molar-refractivity contribution in [2.75, 3.05) is 0 Å². The van der Waals surface area contributed by atoms with Crippen molar-refractivity contribution in [3.63, 3.8) is 0 Å². The molecule has 0 radical (unpaired) electrons. The van der Waals surface area contributed by atoms with E-state index in [1.165, 1.54) is 5.57 Å². The van der Waals surface area contributed by atoms with Crippen molar-refractivity contribution in [1.29, 1.82) is 0 Å². The number of Topliss-reactive ketones (excluding diaryl/α,β-unsaturated/α-hetero) is 1. The predicted molar refractivity (Wildman–Crippen MR) is 41.7 cm³/mol. The highest BCUT2D eigenvalue weighted by Gasteiger charge is 2.35. The molecule has 1 nitrogen and oxygen atoms in total. The minimum atomic E-state index is -0.168. The van der Waals surface area contributed by atoms with E-state index in [1.807, 2.05) is 33.8 Å². The van der Waals surface area contributed by atoms with Crippen LogP contribution < -0.4 is 0 Å². The van der Waals surface area contributed by atoms with Crippen molar-refractivity contribution in [3.05, 3.63) is 11.6 Å². The number of hydrogen-bond acceptors (Lipinski definition) is 1. The normalized spacial score (nSPS) is 24.0. The van der Waals surface area contributed by atoms with Crippen molar-refractivity contribution in [3.8, 4) is 0 Å². The van der Waals surface area contributed by atoms with Crippen molar-refractivity contribution >= 4 is 5.78 Å². The number of carbonyl (C=O) groups is 1. The molecule has 0 saturated carbocycles. The Morgan fingerprint density at radius 2 is 1.90 bits per heavy atom. The van der Waals surface area contributed by atoms with Gasteiger partial charge in [-0.3, -0.25) is 4.79 Å². The Morgan fingerprint density at radius 1 is 1.50 bits per heavy atom. The molecule has 1 aliphatic rings. The molecule has 10 heavy (non-hydrogen) atoms. The lowest BCUT2D eigenvalue weighted by Gasteiger charge is -2.16. The average molecular weight is 138 g/mol. The standard InChI is InChI=1S/C9H14O/c1-6-5-7(6)8(10)9(2,3)4/h5,7H,1-4H3. The molecule has 0 aromatic carbocycles. The highest BCUT2D eigenvalue weighted by Crippen LogP contribution is 2.35. The van der Waals surface area contributed by atoms with E-state index in [0.717, 1.165) is 0 Å². The summed E-state index contributed by atoms with van der Waals surface area (Å²) in [4.78, 5) is 11.4. The third-order valence-corrected chi connectivity index (χ3v) is 1.83. The van der Waals surface area contributed by atoms with Crippen LogP contribution >= 0.6 is 0 Å². The largest absolute Gasteiger partial charge is 0.298 e. The molecule has 0 amide bonds. The number of ketones is 1. The van der Waals surface area contributed by atoms with Gasteiger partial charge < -0.3 is 0 Å². The maximum atomic E-state index is 11.4. The molecule has 0 spiro atoms. The van der Waals surface area contributed by atoms with Gasteiger partial charge in [0.15, 0.2) is 0 Å². The Hall–Kier alpha value is -0.590. The van der Waals surface area contributed by atoms with Crippen molar-refractivity contribution in [2.45, 2.75) is 27.7 Å². The molecule has 0 saturated heterocycles. The molecule has 0 fully saturated rings. The highest BCUT2D eigenvalue weighted by atomic mass is 16.1. The van der Waals surface area contributed by atoms with Crippen LogP contribution in [-0.4, -0.2) is 5.78 Å². The lowest BCUT2D eigenvalue weighted by Crippen LogP contribution is -2.22. The van der Waals surface area contributed by atoms with Crippen LogP contribution in [0.3, 0.4) is 0 Å². The first kappa shape index (κ1) is 7.52. The van der Waals surface area contributed by atoms with Gasteiger partial charge in [-0.15, -0.1) is 0 Å². The topological polar surface area (TPSA) is 17.1 Å². The fourth-order valence-electron chi connectivity index (χ4n) is 0.964. The molecule has 0 heterocycles. The second-order valence-electron chi connectivity index (χ2n) is 4.00.